The highest BCUT2D eigenvalue weighted by molar-refractivity contribution is 6.17. The van der Waals surface area contributed by atoms with Gasteiger partial charge in [0.05, 0.1) is 0 Å². The van der Waals surface area contributed by atoms with Crippen molar-refractivity contribution < 1.29 is 4.79 Å². The molecule has 3 heteroatoms. The zero-order valence-corrected chi connectivity index (χ0v) is 13.7. The van der Waals surface area contributed by atoms with Crippen molar-refractivity contribution in [2.45, 2.75) is 77.2 Å². The Morgan fingerprint density at radius 2 is 1.75 bits per heavy atom. The van der Waals surface area contributed by atoms with Crippen molar-refractivity contribution in [1.29, 1.82) is 0 Å². The first-order chi connectivity index (χ1) is 9.36. The number of nitrogens with one attached hydrogen (secondary N) is 1. The van der Waals surface area contributed by atoms with E-state index in [0.717, 1.165) is 18.8 Å². The summed E-state index contributed by atoms with van der Waals surface area (Å²) < 4.78 is 0. The average molecular weight is 298 g/mol. The SMILES string of the molecule is C[C@]12C[C@@H]3C[C@](C)(C1)C[C@](NC(=O)CCCCCl)(C3)C2. The summed E-state index contributed by atoms with van der Waals surface area (Å²) in [4.78, 5) is 12.3. The Labute approximate surface area is 128 Å². The molecular formula is C17H28ClNO. The predicted molar refractivity (Wildman–Crippen MR) is 82.9 cm³/mol. The van der Waals surface area contributed by atoms with E-state index in [4.69, 9.17) is 11.6 Å². The summed E-state index contributed by atoms with van der Waals surface area (Å²) in [7, 11) is 0. The van der Waals surface area contributed by atoms with E-state index in [1.54, 1.807) is 0 Å². The Kier molecular flexibility index (Phi) is 3.60. The van der Waals surface area contributed by atoms with Crippen LogP contribution in [-0.2, 0) is 4.79 Å². The first-order valence-corrected chi connectivity index (χ1v) is 8.77. The van der Waals surface area contributed by atoms with Gasteiger partial charge in [0.15, 0.2) is 0 Å². The topological polar surface area (TPSA) is 29.1 Å². The average Bonchev–Trinajstić information content (AvgIpc) is 2.22. The van der Waals surface area contributed by atoms with E-state index >= 15 is 0 Å². The Morgan fingerprint density at radius 3 is 2.30 bits per heavy atom. The molecular weight excluding hydrogens is 270 g/mol. The van der Waals surface area contributed by atoms with E-state index < -0.39 is 0 Å². The quantitative estimate of drug-likeness (QED) is 0.596. The lowest BCUT2D eigenvalue weighted by molar-refractivity contribution is -0.139. The number of unbranched alkanes of at least 4 members (excludes halogenated alkanes) is 1. The van der Waals surface area contributed by atoms with Crippen LogP contribution in [0.15, 0.2) is 0 Å². The van der Waals surface area contributed by atoms with Crippen LogP contribution in [-0.4, -0.2) is 17.3 Å². The second-order valence-corrected chi connectivity index (χ2v) is 8.98. The molecule has 4 bridgehead atoms. The molecule has 0 unspecified atom stereocenters. The Bertz CT molecular complexity index is 390. The summed E-state index contributed by atoms with van der Waals surface area (Å²) >= 11 is 5.69. The van der Waals surface area contributed by atoms with Gasteiger partial charge < -0.3 is 5.32 Å². The molecule has 0 spiro atoms. The maximum absolute atomic E-state index is 12.3. The van der Waals surface area contributed by atoms with Gasteiger partial charge in [0, 0.05) is 17.8 Å². The van der Waals surface area contributed by atoms with Gasteiger partial charge in [0.25, 0.3) is 0 Å². The highest BCUT2D eigenvalue weighted by atomic mass is 35.5. The monoisotopic (exact) mass is 297 g/mol. The second-order valence-electron chi connectivity index (χ2n) is 8.60. The van der Waals surface area contributed by atoms with Gasteiger partial charge in [-0.2, -0.15) is 0 Å². The van der Waals surface area contributed by atoms with Gasteiger partial charge in [0.2, 0.25) is 5.91 Å². The largest absolute Gasteiger partial charge is 0.351 e. The fourth-order valence-electron chi connectivity index (χ4n) is 6.33. The van der Waals surface area contributed by atoms with E-state index in [9.17, 15) is 4.79 Å². The number of carbonyl (C=O) groups excluding carboxylic acids is 1. The molecule has 4 aliphatic carbocycles. The Morgan fingerprint density at radius 1 is 1.10 bits per heavy atom. The molecule has 0 aromatic carbocycles. The van der Waals surface area contributed by atoms with Crippen LogP contribution in [0.2, 0.25) is 0 Å². The van der Waals surface area contributed by atoms with Crippen molar-refractivity contribution in [2.24, 2.45) is 16.7 Å². The molecule has 4 saturated carbocycles. The van der Waals surface area contributed by atoms with Crippen LogP contribution in [0.5, 0.6) is 0 Å². The number of hydrogen-bond donors (Lipinski definition) is 1. The van der Waals surface area contributed by atoms with E-state index in [0.29, 0.717) is 23.1 Å². The number of amides is 1. The fourth-order valence-corrected chi connectivity index (χ4v) is 6.51. The second kappa shape index (κ2) is 4.90. The summed E-state index contributed by atoms with van der Waals surface area (Å²) in [5.74, 6) is 1.75. The molecule has 4 aliphatic rings. The Hall–Kier alpha value is -0.240. The molecule has 0 aliphatic heterocycles. The molecule has 0 radical (unpaired) electrons. The minimum absolute atomic E-state index is 0.112. The van der Waals surface area contributed by atoms with E-state index in [1.807, 2.05) is 0 Å². The zero-order valence-electron chi connectivity index (χ0n) is 12.9. The van der Waals surface area contributed by atoms with Crippen LogP contribution >= 0.6 is 11.6 Å². The first kappa shape index (κ1) is 14.7. The van der Waals surface area contributed by atoms with Crippen molar-refractivity contribution in [3.63, 3.8) is 0 Å². The minimum Gasteiger partial charge on any atom is -0.351 e. The lowest BCUT2D eigenvalue weighted by Crippen LogP contribution is -2.65. The standard InChI is InChI=1S/C17H28ClNO/c1-15-7-13-8-16(2,10-15)12-17(9-13,11-15)19-14(20)5-3-4-6-18/h13H,3-12H2,1-2H3,(H,19,20)/t13-,15+,16-,17+. The maximum atomic E-state index is 12.3. The summed E-state index contributed by atoms with van der Waals surface area (Å²) in [6, 6.07) is 0. The minimum atomic E-state index is 0.112. The molecule has 4 rings (SSSR count). The lowest BCUT2D eigenvalue weighted by atomic mass is 9.43. The number of hydrogen-bond acceptors (Lipinski definition) is 1. The molecule has 2 nitrogen and oxygen atoms in total. The number of rotatable bonds is 5. The number of halogens is 1. The molecule has 4 atom stereocenters. The molecule has 0 aromatic rings. The zero-order chi connectivity index (χ0) is 14.4. The van der Waals surface area contributed by atoms with Gasteiger partial charge in [-0.25, -0.2) is 0 Å². The van der Waals surface area contributed by atoms with Crippen molar-refractivity contribution in [3.8, 4) is 0 Å². The third kappa shape index (κ3) is 2.73. The third-order valence-corrected chi connectivity index (χ3v) is 6.09. The van der Waals surface area contributed by atoms with Crippen molar-refractivity contribution in [1.82, 2.24) is 5.32 Å². The van der Waals surface area contributed by atoms with Gasteiger partial charge in [-0.1, -0.05) is 13.8 Å². The predicted octanol–water partition coefficient (Wildman–Crippen LogP) is 4.26. The van der Waals surface area contributed by atoms with Gasteiger partial charge in [0.1, 0.15) is 0 Å². The summed E-state index contributed by atoms with van der Waals surface area (Å²) in [6.07, 6.45) is 10.3. The van der Waals surface area contributed by atoms with Crippen molar-refractivity contribution in [2.75, 3.05) is 5.88 Å². The molecule has 1 N–H and O–H groups in total. The number of carbonyl (C=O) groups is 1. The molecule has 0 saturated heterocycles. The van der Waals surface area contributed by atoms with Crippen LogP contribution in [0.4, 0.5) is 0 Å². The van der Waals surface area contributed by atoms with Crippen LogP contribution in [0.25, 0.3) is 0 Å². The molecule has 114 valence electrons. The smallest absolute Gasteiger partial charge is 0.220 e. The van der Waals surface area contributed by atoms with Crippen LogP contribution in [0.1, 0.15) is 71.6 Å². The normalized spacial score (nSPS) is 45.6. The van der Waals surface area contributed by atoms with Crippen LogP contribution in [0, 0.1) is 16.7 Å². The molecule has 20 heavy (non-hydrogen) atoms. The van der Waals surface area contributed by atoms with E-state index in [1.165, 1.54) is 38.5 Å². The molecule has 0 heterocycles. The van der Waals surface area contributed by atoms with Crippen molar-refractivity contribution >= 4 is 17.5 Å². The fraction of sp³-hybridized carbons (Fsp3) is 0.941. The third-order valence-electron chi connectivity index (χ3n) is 5.82. The molecule has 0 aromatic heterocycles. The maximum Gasteiger partial charge on any atom is 0.220 e. The van der Waals surface area contributed by atoms with E-state index in [2.05, 4.69) is 19.2 Å². The van der Waals surface area contributed by atoms with Crippen LogP contribution < -0.4 is 5.32 Å². The summed E-state index contributed by atoms with van der Waals surface area (Å²) in [5.41, 5.74) is 1.05. The highest BCUT2D eigenvalue weighted by Gasteiger charge is 2.60. The van der Waals surface area contributed by atoms with Crippen molar-refractivity contribution in [3.05, 3.63) is 0 Å². The molecule has 1 amide bonds. The van der Waals surface area contributed by atoms with Crippen LogP contribution in [0.3, 0.4) is 0 Å². The molecule has 4 fully saturated rings. The van der Waals surface area contributed by atoms with Gasteiger partial charge in [-0.15, -0.1) is 11.6 Å². The Balaban J connectivity index is 1.68. The van der Waals surface area contributed by atoms with Gasteiger partial charge in [-0.3, -0.25) is 4.79 Å². The summed E-state index contributed by atoms with van der Waals surface area (Å²) in [6.45, 7) is 4.90. The first-order valence-electron chi connectivity index (χ1n) is 8.23. The number of alkyl halides is 1. The highest BCUT2D eigenvalue weighted by Crippen LogP contribution is 2.66. The van der Waals surface area contributed by atoms with E-state index in [-0.39, 0.29) is 11.4 Å². The summed E-state index contributed by atoms with van der Waals surface area (Å²) in [5, 5.41) is 3.45. The van der Waals surface area contributed by atoms with Gasteiger partial charge in [-0.05, 0) is 68.1 Å². The van der Waals surface area contributed by atoms with Gasteiger partial charge >= 0.3 is 0 Å². The lowest BCUT2D eigenvalue weighted by Gasteiger charge is -2.65.